The van der Waals surface area contributed by atoms with Gasteiger partial charge in [-0.15, -0.1) is 0 Å². The summed E-state index contributed by atoms with van der Waals surface area (Å²) >= 11 is 0. The molecule has 3 nitrogen and oxygen atoms in total. The van der Waals surface area contributed by atoms with Crippen LogP contribution in [-0.4, -0.2) is 18.6 Å². The van der Waals surface area contributed by atoms with E-state index in [0.717, 1.165) is 0 Å². The van der Waals surface area contributed by atoms with Crippen molar-refractivity contribution in [2.75, 3.05) is 7.11 Å². The lowest BCUT2D eigenvalue weighted by Gasteiger charge is -2.42. The molecule has 0 aromatic heterocycles. The maximum Gasteiger partial charge on any atom is 0.325 e. The first-order valence-electron chi connectivity index (χ1n) is 5.08. The molecule has 0 atom stereocenters. The lowest BCUT2D eigenvalue weighted by molar-refractivity contribution is -0.151. The fraction of sp³-hybridized carbons (Fsp3) is 0.417. The maximum atomic E-state index is 11.3. The van der Waals surface area contributed by atoms with Crippen molar-refractivity contribution >= 4 is 5.97 Å². The Bertz CT molecular complexity index is 355. The van der Waals surface area contributed by atoms with E-state index in [-0.39, 0.29) is 5.97 Å². The Morgan fingerprint density at radius 2 is 2.00 bits per heavy atom. The number of carbonyl (C=O) groups is 1. The highest BCUT2D eigenvalue weighted by molar-refractivity contribution is 5.82. The molecule has 0 spiro atoms. The van der Waals surface area contributed by atoms with E-state index in [1.165, 1.54) is 12.7 Å². The van der Waals surface area contributed by atoms with Crippen LogP contribution in [0.4, 0.5) is 0 Å². The Balaban J connectivity index is 2.02. The number of nitrogens with two attached hydrogens (primary N) is 1. The Morgan fingerprint density at radius 1 is 1.40 bits per heavy atom. The van der Waals surface area contributed by atoms with E-state index >= 15 is 0 Å². The van der Waals surface area contributed by atoms with E-state index in [1.807, 2.05) is 18.2 Å². The van der Waals surface area contributed by atoms with Crippen LogP contribution in [-0.2, 0) is 9.53 Å². The quantitative estimate of drug-likeness (QED) is 0.743. The second kappa shape index (κ2) is 3.66. The largest absolute Gasteiger partial charge is 0.468 e. The molecule has 80 valence electrons. The van der Waals surface area contributed by atoms with E-state index in [0.29, 0.717) is 18.8 Å². The third-order valence-electron chi connectivity index (χ3n) is 3.08. The van der Waals surface area contributed by atoms with Gasteiger partial charge < -0.3 is 10.5 Å². The van der Waals surface area contributed by atoms with E-state index in [1.54, 1.807) is 0 Å². The maximum absolute atomic E-state index is 11.3. The Kier molecular flexibility index (Phi) is 2.49. The van der Waals surface area contributed by atoms with E-state index < -0.39 is 5.54 Å². The van der Waals surface area contributed by atoms with Gasteiger partial charge in [0.05, 0.1) is 7.11 Å². The molecule has 1 saturated carbocycles. The van der Waals surface area contributed by atoms with Crippen LogP contribution >= 0.6 is 0 Å². The van der Waals surface area contributed by atoms with Crippen LogP contribution in [0.1, 0.15) is 24.3 Å². The molecule has 1 aliphatic rings. The highest BCUT2D eigenvalue weighted by Crippen LogP contribution is 2.43. The number of ether oxygens (including phenoxy) is 1. The molecule has 2 N–H and O–H groups in total. The second-order valence-corrected chi connectivity index (χ2v) is 4.16. The van der Waals surface area contributed by atoms with Gasteiger partial charge >= 0.3 is 5.97 Å². The molecular weight excluding hydrogens is 190 g/mol. The number of carbonyl (C=O) groups excluding carboxylic acids is 1. The minimum Gasteiger partial charge on any atom is -0.468 e. The zero-order chi connectivity index (χ0) is 10.9. The molecule has 3 heteroatoms. The van der Waals surface area contributed by atoms with Gasteiger partial charge in [-0.25, -0.2) is 0 Å². The van der Waals surface area contributed by atoms with Crippen molar-refractivity contribution in [1.29, 1.82) is 0 Å². The Labute approximate surface area is 89.2 Å². The van der Waals surface area contributed by atoms with Gasteiger partial charge in [0.25, 0.3) is 0 Å². The van der Waals surface area contributed by atoms with E-state index in [9.17, 15) is 4.79 Å². The molecule has 1 fully saturated rings. The van der Waals surface area contributed by atoms with Crippen LogP contribution in [0.3, 0.4) is 0 Å². The average Bonchev–Trinajstić information content (AvgIpc) is 2.25. The molecular formula is C12H15NO2. The number of methoxy groups -OCH3 is 1. The van der Waals surface area contributed by atoms with Crippen molar-refractivity contribution < 1.29 is 9.53 Å². The second-order valence-electron chi connectivity index (χ2n) is 4.16. The van der Waals surface area contributed by atoms with Crippen LogP contribution < -0.4 is 5.73 Å². The van der Waals surface area contributed by atoms with Crippen molar-refractivity contribution in [3.63, 3.8) is 0 Å². The summed E-state index contributed by atoms with van der Waals surface area (Å²) in [5, 5.41) is 0. The summed E-state index contributed by atoms with van der Waals surface area (Å²) in [6.07, 6.45) is 1.37. The fourth-order valence-electron chi connectivity index (χ4n) is 2.15. The van der Waals surface area contributed by atoms with Crippen LogP contribution in [0, 0.1) is 0 Å². The minimum absolute atomic E-state index is 0.297. The summed E-state index contributed by atoms with van der Waals surface area (Å²) in [7, 11) is 1.38. The van der Waals surface area contributed by atoms with Gasteiger partial charge in [-0.1, -0.05) is 30.3 Å². The summed E-state index contributed by atoms with van der Waals surface area (Å²) < 4.78 is 4.68. The Hall–Kier alpha value is -1.35. The summed E-state index contributed by atoms with van der Waals surface area (Å²) in [4.78, 5) is 11.3. The summed E-state index contributed by atoms with van der Waals surface area (Å²) in [5.74, 6) is 0.102. The molecule has 0 saturated heterocycles. The van der Waals surface area contributed by atoms with Gasteiger partial charge in [0.15, 0.2) is 0 Å². The molecule has 0 radical (unpaired) electrons. The third-order valence-corrected chi connectivity index (χ3v) is 3.08. The molecule has 2 rings (SSSR count). The van der Waals surface area contributed by atoms with Gasteiger partial charge in [0.2, 0.25) is 0 Å². The number of hydrogen-bond acceptors (Lipinski definition) is 3. The zero-order valence-electron chi connectivity index (χ0n) is 8.77. The number of benzene rings is 1. The first-order valence-corrected chi connectivity index (χ1v) is 5.08. The number of hydrogen-bond donors (Lipinski definition) is 1. The molecule has 0 bridgehead atoms. The summed E-state index contributed by atoms with van der Waals surface area (Å²) in [6.45, 7) is 0. The van der Waals surface area contributed by atoms with Crippen LogP contribution in [0.25, 0.3) is 0 Å². The van der Waals surface area contributed by atoms with Gasteiger partial charge in [-0.05, 0) is 24.3 Å². The molecule has 1 aromatic rings. The van der Waals surface area contributed by atoms with Gasteiger partial charge in [-0.3, -0.25) is 4.79 Å². The lowest BCUT2D eigenvalue weighted by atomic mass is 9.66. The van der Waals surface area contributed by atoms with Crippen LogP contribution in [0.5, 0.6) is 0 Å². The van der Waals surface area contributed by atoms with Crippen molar-refractivity contribution in [3.05, 3.63) is 35.9 Å². The molecule has 0 amide bonds. The first kappa shape index (κ1) is 10.2. The van der Waals surface area contributed by atoms with Crippen molar-refractivity contribution in [2.45, 2.75) is 24.3 Å². The highest BCUT2D eigenvalue weighted by Gasteiger charge is 2.48. The molecule has 15 heavy (non-hydrogen) atoms. The molecule has 0 aliphatic heterocycles. The zero-order valence-corrected chi connectivity index (χ0v) is 8.77. The average molecular weight is 205 g/mol. The predicted molar refractivity (Wildman–Crippen MR) is 57.4 cm³/mol. The number of esters is 1. The van der Waals surface area contributed by atoms with Crippen molar-refractivity contribution in [3.8, 4) is 0 Å². The molecule has 1 aromatic carbocycles. The topological polar surface area (TPSA) is 52.3 Å². The lowest BCUT2D eigenvalue weighted by Crippen LogP contribution is -2.57. The van der Waals surface area contributed by atoms with Crippen LogP contribution in [0.15, 0.2) is 30.3 Å². The van der Waals surface area contributed by atoms with Gasteiger partial charge in [0, 0.05) is 0 Å². The predicted octanol–water partition coefficient (Wildman–Crippen LogP) is 1.43. The fourth-order valence-corrected chi connectivity index (χ4v) is 2.15. The smallest absolute Gasteiger partial charge is 0.325 e. The van der Waals surface area contributed by atoms with E-state index in [2.05, 4.69) is 16.9 Å². The highest BCUT2D eigenvalue weighted by atomic mass is 16.5. The molecule has 0 unspecified atom stereocenters. The first-order chi connectivity index (χ1) is 7.15. The van der Waals surface area contributed by atoms with Crippen molar-refractivity contribution in [2.24, 2.45) is 5.73 Å². The standard InChI is InChI=1S/C12H15NO2/c1-15-11(14)12(13)7-10(8-12)9-5-3-2-4-6-9/h2-6,10H,7-8,13H2,1H3. The van der Waals surface area contributed by atoms with Gasteiger partial charge in [-0.2, -0.15) is 0 Å². The normalized spacial score (nSPS) is 29.3. The van der Waals surface area contributed by atoms with Crippen molar-refractivity contribution in [1.82, 2.24) is 0 Å². The monoisotopic (exact) mass is 205 g/mol. The van der Waals surface area contributed by atoms with Crippen LogP contribution in [0.2, 0.25) is 0 Å². The minimum atomic E-state index is -0.755. The summed E-state index contributed by atoms with van der Waals surface area (Å²) in [5.41, 5.74) is 6.41. The van der Waals surface area contributed by atoms with E-state index in [4.69, 9.17) is 5.73 Å². The molecule has 1 aliphatic carbocycles. The molecule has 0 heterocycles. The third kappa shape index (κ3) is 1.75. The SMILES string of the molecule is COC(=O)C1(N)CC(c2ccccc2)C1. The Morgan fingerprint density at radius 3 is 2.53 bits per heavy atom. The van der Waals surface area contributed by atoms with Gasteiger partial charge in [0.1, 0.15) is 5.54 Å². The number of rotatable bonds is 2. The summed E-state index contributed by atoms with van der Waals surface area (Å²) in [6, 6.07) is 10.1.